The number of nitrogens with two attached hydrogens (primary N) is 4. The van der Waals surface area contributed by atoms with Crippen molar-refractivity contribution in [3.8, 4) is 0 Å². The fourth-order valence-electron chi connectivity index (χ4n) is 2.72. The molecule has 0 radical (unpaired) electrons. The van der Waals surface area contributed by atoms with Crippen molar-refractivity contribution >= 4 is 55.0 Å². The van der Waals surface area contributed by atoms with Crippen LogP contribution in [0.15, 0.2) is 4.99 Å². The average molecular weight is 525 g/mol. The molecule has 2 unspecified atom stereocenters. The fourth-order valence-corrected chi connectivity index (χ4v) is 2.72. The molecule has 0 aliphatic rings. The number of halogens is 3. The summed E-state index contributed by atoms with van der Waals surface area (Å²) in [5, 5.41) is 5.33. The zero-order valence-electron chi connectivity index (χ0n) is 19.1. The van der Waals surface area contributed by atoms with Crippen molar-refractivity contribution < 1.29 is 14.3 Å². The van der Waals surface area contributed by atoms with Crippen LogP contribution < -0.4 is 33.6 Å². The number of nitrogens with one attached hydrogen (secondary N) is 2. The van der Waals surface area contributed by atoms with E-state index in [2.05, 4.69) is 15.6 Å². The lowest BCUT2D eigenvalue weighted by Crippen LogP contribution is -2.53. The highest BCUT2D eigenvalue weighted by atomic mass is 35.5. The zero-order chi connectivity index (χ0) is 21.9. The van der Waals surface area contributed by atoms with Crippen molar-refractivity contribution in [2.24, 2.45) is 27.9 Å². The second-order valence-corrected chi connectivity index (χ2v) is 6.98. The van der Waals surface area contributed by atoms with Gasteiger partial charge in [-0.15, -0.1) is 37.2 Å². The molecule has 10 N–H and O–H groups in total. The van der Waals surface area contributed by atoms with Gasteiger partial charge in [0, 0.05) is 19.6 Å². The van der Waals surface area contributed by atoms with Crippen LogP contribution in [0.25, 0.3) is 0 Å². The Hall–Kier alpha value is -1.04. The first-order valence-corrected chi connectivity index (χ1v) is 10.6. The molecule has 0 fully saturated rings. The van der Waals surface area contributed by atoms with E-state index >= 15 is 0 Å². The number of guanidine groups is 1. The number of ether oxygens (including phenoxy) is 1. The summed E-state index contributed by atoms with van der Waals surface area (Å²) in [5.74, 6) is -0.555. The molecule has 0 spiro atoms. The summed E-state index contributed by atoms with van der Waals surface area (Å²) in [5.41, 5.74) is 21.9. The van der Waals surface area contributed by atoms with Crippen LogP contribution in [0.1, 0.15) is 71.1 Å². The maximum Gasteiger partial charge on any atom is 0.271 e. The van der Waals surface area contributed by atoms with Gasteiger partial charge in [-0.25, -0.2) is 0 Å². The first-order valence-electron chi connectivity index (χ1n) is 10.6. The molecule has 2 amide bonds. The number of hydrogen-bond donors (Lipinski definition) is 6. The molecule has 0 saturated carbocycles. The number of rotatable bonds is 18. The minimum Gasteiger partial charge on any atom is -0.370 e. The fraction of sp³-hybridized carbons (Fsp3) is 0.842. The van der Waals surface area contributed by atoms with Gasteiger partial charge in [0.25, 0.3) is 5.91 Å². The van der Waals surface area contributed by atoms with Gasteiger partial charge in [-0.1, -0.05) is 32.1 Å². The van der Waals surface area contributed by atoms with Gasteiger partial charge in [0.15, 0.2) is 5.96 Å². The van der Waals surface area contributed by atoms with Crippen molar-refractivity contribution in [1.82, 2.24) is 10.6 Å². The van der Waals surface area contributed by atoms with Gasteiger partial charge in [-0.3, -0.25) is 14.6 Å². The second kappa shape index (κ2) is 26.2. The van der Waals surface area contributed by atoms with Crippen molar-refractivity contribution in [3.63, 3.8) is 0 Å². The average Bonchev–Trinajstić information content (AvgIpc) is 2.66. The second-order valence-electron chi connectivity index (χ2n) is 6.98. The maximum absolute atomic E-state index is 12.3. The molecule has 0 aromatic heterocycles. The van der Waals surface area contributed by atoms with Crippen LogP contribution >= 0.6 is 37.2 Å². The summed E-state index contributed by atoms with van der Waals surface area (Å²) in [6.45, 7) is 3.35. The third kappa shape index (κ3) is 23.6. The molecular weight excluding hydrogens is 481 g/mol. The summed E-state index contributed by atoms with van der Waals surface area (Å²) in [6, 6.07) is 0. The summed E-state index contributed by atoms with van der Waals surface area (Å²) >= 11 is 0. The van der Waals surface area contributed by atoms with E-state index in [0.29, 0.717) is 32.5 Å². The van der Waals surface area contributed by atoms with Gasteiger partial charge in [-0.05, 0) is 39.2 Å². The SMILES string of the molecule is CCOC(NC(=O)CCCCCCN=C(N)N)C(=O)NC(N)CCCCCCN.Cl.Cl.Cl. The largest absolute Gasteiger partial charge is 0.370 e. The highest BCUT2D eigenvalue weighted by molar-refractivity contribution is 5.86. The van der Waals surface area contributed by atoms with Gasteiger partial charge in [-0.2, -0.15) is 0 Å². The molecule has 0 rings (SSSR count). The van der Waals surface area contributed by atoms with E-state index in [0.717, 1.165) is 51.4 Å². The zero-order valence-corrected chi connectivity index (χ0v) is 21.5. The van der Waals surface area contributed by atoms with Gasteiger partial charge >= 0.3 is 0 Å². The quantitative estimate of drug-likeness (QED) is 0.0674. The Morgan fingerprint density at radius 2 is 1.50 bits per heavy atom. The van der Waals surface area contributed by atoms with E-state index in [1.54, 1.807) is 6.92 Å². The van der Waals surface area contributed by atoms with E-state index in [4.69, 9.17) is 27.7 Å². The Kier molecular flexibility index (Phi) is 31.3. The van der Waals surface area contributed by atoms with Crippen LogP contribution in [0.4, 0.5) is 0 Å². The maximum atomic E-state index is 12.3. The summed E-state index contributed by atoms with van der Waals surface area (Å²) in [7, 11) is 0. The standard InChI is InChI=1S/C19H41N7O3.3ClH/c1-2-29-18(17(28)25-15(21)11-7-3-5-9-13-20)26-16(27)12-8-4-6-10-14-24-19(22)23;;;/h15,18H,2-14,20-21H2,1H3,(H,25,28)(H,26,27)(H4,22,23,24);3*1H. The van der Waals surface area contributed by atoms with E-state index in [-0.39, 0.29) is 49.1 Å². The Bertz CT molecular complexity index is 485. The van der Waals surface area contributed by atoms with Crippen molar-refractivity contribution in [2.75, 3.05) is 19.7 Å². The first-order chi connectivity index (χ1) is 13.9. The first kappa shape index (κ1) is 38.2. The van der Waals surface area contributed by atoms with E-state index < -0.39 is 18.3 Å². The third-order valence-electron chi connectivity index (χ3n) is 4.27. The lowest BCUT2D eigenvalue weighted by atomic mass is 10.1. The van der Waals surface area contributed by atoms with Crippen molar-refractivity contribution in [2.45, 2.75) is 83.5 Å². The molecule has 0 bridgehead atoms. The molecular formula is C19H44Cl3N7O3. The number of aliphatic imine (C=N–C) groups is 1. The smallest absolute Gasteiger partial charge is 0.271 e. The van der Waals surface area contributed by atoms with Crippen molar-refractivity contribution in [3.05, 3.63) is 0 Å². The molecule has 194 valence electrons. The molecule has 32 heavy (non-hydrogen) atoms. The normalized spacial score (nSPS) is 11.6. The monoisotopic (exact) mass is 523 g/mol. The third-order valence-corrected chi connectivity index (χ3v) is 4.27. The molecule has 0 aliphatic heterocycles. The van der Waals surface area contributed by atoms with Crippen LogP contribution in [0.2, 0.25) is 0 Å². The summed E-state index contributed by atoms with van der Waals surface area (Å²) < 4.78 is 5.36. The van der Waals surface area contributed by atoms with Gasteiger partial charge in [0.05, 0.1) is 6.17 Å². The van der Waals surface area contributed by atoms with E-state index in [1.807, 2.05) is 0 Å². The molecule has 0 aliphatic carbocycles. The number of hydrogen-bond acceptors (Lipinski definition) is 6. The van der Waals surface area contributed by atoms with E-state index in [9.17, 15) is 9.59 Å². The molecule has 13 heteroatoms. The Morgan fingerprint density at radius 3 is 2.09 bits per heavy atom. The predicted octanol–water partition coefficient (Wildman–Crippen LogP) is 1.26. The lowest BCUT2D eigenvalue weighted by Gasteiger charge is -2.21. The minimum atomic E-state index is -1.03. The highest BCUT2D eigenvalue weighted by Crippen LogP contribution is 2.05. The molecule has 0 saturated heterocycles. The van der Waals surface area contributed by atoms with Crippen LogP contribution in [-0.2, 0) is 14.3 Å². The van der Waals surface area contributed by atoms with Crippen LogP contribution in [0.3, 0.4) is 0 Å². The van der Waals surface area contributed by atoms with Crippen LogP contribution in [-0.4, -0.2) is 49.9 Å². The Morgan fingerprint density at radius 1 is 0.906 bits per heavy atom. The summed E-state index contributed by atoms with van der Waals surface area (Å²) in [6.07, 6.45) is 6.89. The Balaban J connectivity index is -0.00000131. The highest BCUT2D eigenvalue weighted by Gasteiger charge is 2.22. The predicted molar refractivity (Wildman–Crippen MR) is 137 cm³/mol. The minimum absolute atomic E-state index is 0. The molecule has 0 heterocycles. The number of unbranched alkanes of at least 4 members (excludes halogenated alkanes) is 6. The molecule has 10 nitrogen and oxygen atoms in total. The van der Waals surface area contributed by atoms with Crippen molar-refractivity contribution in [1.29, 1.82) is 0 Å². The Labute approximate surface area is 211 Å². The molecule has 0 aromatic rings. The number of carbonyl (C=O) groups is 2. The molecule has 0 aromatic carbocycles. The molecule has 2 atom stereocenters. The van der Waals surface area contributed by atoms with Crippen LogP contribution in [0, 0.1) is 0 Å². The van der Waals surface area contributed by atoms with Gasteiger partial charge in [0.2, 0.25) is 12.1 Å². The summed E-state index contributed by atoms with van der Waals surface area (Å²) in [4.78, 5) is 28.3. The van der Waals surface area contributed by atoms with E-state index in [1.165, 1.54) is 0 Å². The number of amides is 2. The van der Waals surface area contributed by atoms with Crippen LogP contribution in [0.5, 0.6) is 0 Å². The number of carbonyl (C=O) groups excluding carboxylic acids is 2. The lowest BCUT2D eigenvalue weighted by molar-refractivity contribution is -0.141. The van der Waals surface area contributed by atoms with Gasteiger partial charge < -0.3 is 38.3 Å². The van der Waals surface area contributed by atoms with Gasteiger partial charge in [0.1, 0.15) is 0 Å². The topological polar surface area (TPSA) is 184 Å². The number of nitrogens with zero attached hydrogens (tertiary/aromatic N) is 1.